The lowest BCUT2D eigenvalue weighted by atomic mass is 10.3. The molecule has 1 saturated heterocycles. The standard InChI is InChI=1S/C15H27N5O2S/c1-4-16-15(18-14-6-9-23(21,22)11-14)17-7-5-8-20-13(3)10-12(2)19-20/h10,14H,4-9,11H2,1-3H3,(H2,16,17,18). The number of nitrogens with one attached hydrogen (secondary N) is 2. The first-order chi connectivity index (χ1) is 10.9. The monoisotopic (exact) mass is 341 g/mol. The quantitative estimate of drug-likeness (QED) is 0.450. The van der Waals surface area contributed by atoms with Gasteiger partial charge in [-0.05, 0) is 39.7 Å². The van der Waals surface area contributed by atoms with Crippen molar-refractivity contribution in [2.45, 2.75) is 46.2 Å². The average molecular weight is 341 g/mol. The van der Waals surface area contributed by atoms with Gasteiger partial charge < -0.3 is 10.6 Å². The average Bonchev–Trinajstić information content (AvgIpc) is 2.96. The van der Waals surface area contributed by atoms with E-state index >= 15 is 0 Å². The van der Waals surface area contributed by atoms with Gasteiger partial charge in [-0.3, -0.25) is 9.67 Å². The number of aryl methyl sites for hydroxylation is 3. The number of rotatable bonds is 6. The van der Waals surface area contributed by atoms with Gasteiger partial charge >= 0.3 is 0 Å². The second-order valence-electron chi connectivity index (χ2n) is 6.01. The van der Waals surface area contributed by atoms with Crippen LogP contribution in [0.3, 0.4) is 0 Å². The van der Waals surface area contributed by atoms with Crippen molar-refractivity contribution >= 4 is 15.8 Å². The Hall–Kier alpha value is -1.57. The van der Waals surface area contributed by atoms with Gasteiger partial charge in [0, 0.05) is 31.4 Å². The molecule has 2 N–H and O–H groups in total. The Labute approximate surface area is 138 Å². The number of nitrogens with zero attached hydrogens (tertiary/aromatic N) is 3. The summed E-state index contributed by atoms with van der Waals surface area (Å²) in [4.78, 5) is 4.53. The van der Waals surface area contributed by atoms with E-state index in [1.54, 1.807) is 0 Å². The highest BCUT2D eigenvalue weighted by Crippen LogP contribution is 2.11. The number of aliphatic imine (C=N–C) groups is 1. The first kappa shape index (κ1) is 17.8. The van der Waals surface area contributed by atoms with E-state index < -0.39 is 9.84 Å². The maximum atomic E-state index is 11.5. The van der Waals surface area contributed by atoms with Crippen molar-refractivity contribution in [1.29, 1.82) is 0 Å². The second-order valence-corrected chi connectivity index (χ2v) is 8.24. The molecule has 0 amide bonds. The summed E-state index contributed by atoms with van der Waals surface area (Å²) in [6.07, 6.45) is 1.54. The molecule has 1 aromatic heterocycles. The minimum atomic E-state index is -2.88. The molecule has 7 nitrogen and oxygen atoms in total. The fourth-order valence-electron chi connectivity index (χ4n) is 2.73. The topological polar surface area (TPSA) is 88.4 Å². The largest absolute Gasteiger partial charge is 0.357 e. The van der Waals surface area contributed by atoms with E-state index in [0.717, 1.165) is 30.9 Å². The molecule has 8 heteroatoms. The first-order valence-electron chi connectivity index (χ1n) is 8.16. The van der Waals surface area contributed by atoms with Crippen molar-refractivity contribution in [3.8, 4) is 0 Å². The minimum Gasteiger partial charge on any atom is -0.357 e. The Bertz CT molecular complexity index is 651. The molecular formula is C15H27N5O2S. The summed E-state index contributed by atoms with van der Waals surface area (Å²) < 4.78 is 25.0. The van der Waals surface area contributed by atoms with Crippen LogP contribution >= 0.6 is 0 Å². The lowest BCUT2D eigenvalue weighted by Gasteiger charge is -2.15. The first-order valence-corrected chi connectivity index (χ1v) is 9.98. The molecule has 0 aliphatic carbocycles. The van der Waals surface area contributed by atoms with Crippen LogP contribution in [0.5, 0.6) is 0 Å². The van der Waals surface area contributed by atoms with E-state index in [-0.39, 0.29) is 17.5 Å². The number of hydrogen-bond acceptors (Lipinski definition) is 4. The van der Waals surface area contributed by atoms with E-state index in [2.05, 4.69) is 33.7 Å². The highest BCUT2D eigenvalue weighted by molar-refractivity contribution is 7.91. The van der Waals surface area contributed by atoms with Crippen LogP contribution in [0.15, 0.2) is 11.1 Å². The van der Waals surface area contributed by atoms with Crippen LogP contribution in [-0.4, -0.2) is 54.8 Å². The molecule has 1 fully saturated rings. The van der Waals surface area contributed by atoms with Crippen LogP contribution in [0.4, 0.5) is 0 Å². The van der Waals surface area contributed by atoms with Gasteiger partial charge in [0.2, 0.25) is 0 Å². The SMILES string of the molecule is CCNC(=NCCCn1nc(C)cc1C)NC1CCS(=O)(=O)C1. The predicted octanol–water partition coefficient (Wildman–Crippen LogP) is 0.632. The molecule has 1 aliphatic rings. The number of sulfone groups is 1. The van der Waals surface area contributed by atoms with Crippen LogP contribution in [-0.2, 0) is 16.4 Å². The Morgan fingerprint density at radius 3 is 2.83 bits per heavy atom. The van der Waals surface area contributed by atoms with Crippen LogP contribution in [0, 0.1) is 13.8 Å². The summed E-state index contributed by atoms with van der Waals surface area (Å²) in [5.74, 6) is 1.16. The van der Waals surface area contributed by atoms with E-state index in [0.29, 0.717) is 18.9 Å². The third-order valence-corrected chi connectivity index (χ3v) is 5.59. The molecule has 0 saturated carbocycles. The lowest BCUT2D eigenvalue weighted by molar-refractivity contribution is 0.565. The highest BCUT2D eigenvalue weighted by atomic mass is 32.2. The smallest absolute Gasteiger partial charge is 0.191 e. The van der Waals surface area contributed by atoms with Crippen molar-refractivity contribution in [2.75, 3.05) is 24.6 Å². The number of hydrogen-bond donors (Lipinski definition) is 2. The normalized spacial score (nSPS) is 20.7. The lowest BCUT2D eigenvalue weighted by Crippen LogP contribution is -2.44. The Morgan fingerprint density at radius 1 is 1.48 bits per heavy atom. The molecule has 0 spiro atoms. The van der Waals surface area contributed by atoms with E-state index in [9.17, 15) is 8.42 Å². The van der Waals surface area contributed by atoms with Crippen LogP contribution in [0.1, 0.15) is 31.2 Å². The van der Waals surface area contributed by atoms with Crippen LogP contribution in [0.25, 0.3) is 0 Å². The van der Waals surface area contributed by atoms with E-state index in [1.807, 2.05) is 18.5 Å². The Kier molecular flexibility index (Phi) is 6.04. The molecule has 0 aromatic carbocycles. The summed E-state index contributed by atoms with van der Waals surface area (Å²) in [5, 5.41) is 10.8. The van der Waals surface area contributed by atoms with Crippen LogP contribution in [0.2, 0.25) is 0 Å². The molecule has 1 aromatic rings. The number of aromatic nitrogens is 2. The molecule has 0 bridgehead atoms. The number of guanidine groups is 1. The van der Waals surface area contributed by atoms with E-state index in [4.69, 9.17) is 0 Å². The van der Waals surface area contributed by atoms with E-state index in [1.165, 1.54) is 0 Å². The summed E-state index contributed by atoms with van der Waals surface area (Å²) in [6, 6.07) is 2.03. The zero-order valence-electron chi connectivity index (χ0n) is 14.2. The third kappa shape index (κ3) is 5.53. The molecule has 23 heavy (non-hydrogen) atoms. The predicted molar refractivity (Wildman–Crippen MR) is 92.5 cm³/mol. The summed E-state index contributed by atoms with van der Waals surface area (Å²) in [5.41, 5.74) is 2.19. The fourth-order valence-corrected chi connectivity index (χ4v) is 4.41. The van der Waals surface area contributed by atoms with Gasteiger partial charge in [-0.2, -0.15) is 5.10 Å². The van der Waals surface area contributed by atoms with Gasteiger partial charge in [0.25, 0.3) is 0 Å². The van der Waals surface area contributed by atoms with Gasteiger partial charge in [0.1, 0.15) is 0 Å². The zero-order valence-corrected chi connectivity index (χ0v) is 15.0. The van der Waals surface area contributed by atoms with Gasteiger partial charge in [-0.15, -0.1) is 0 Å². The molecule has 2 heterocycles. The maximum absolute atomic E-state index is 11.5. The molecule has 130 valence electrons. The van der Waals surface area contributed by atoms with Crippen molar-refractivity contribution in [3.05, 3.63) is 17.5 Å². The third-order valence-electron chi connectivity index (χ3n) is 3.82. The maximum Gasteiger partial charge on any atom is 0.191 e. The van der Waals surface area contributed by atoms with Crippen molar-refractivity contribution in [2.24, 2.45) is 4.99 Å². The molecule has 1 aliphatic heterocycles. The summed E-state index contributed by atoms with van der Waals surface area (Å²) >= 11 is 0. The molecule has 0 radical (unpaired) electrons. The van der Waals surface area contributed by atoms with Gasteiger partial charge in [-0.1, -0.05) is 0 Å². The van der Waals surface area contributed by atoms with Crippen LogP contribution < -0.4 is 10.6 Å². The Balaban J connectivity index is 1.82. The Morgan fingerprint density at radius 2 is 2.26 bits per heavy atom. The van der Waals surface area contributed by atoms with Gasteiger partial charge in [-0.25, -0.2) is 8.42 Å². The van der Waals surface area contributed by atoms with Gasteiger partial charge in [0.15, 0.2) is 15.8 Å². The molecule has 1 unspecified atom stereocenters. The van der Waals surface area contributed by atoms with Crippen molar-refractivity contribution in [3.63, 3.8) is 0 Å². The molecule has 1 atom stereocenters. The zero-order chi connectivity index (χ0) is 16.9. The van der Waals surface area contributed by atoms with Gasteiger partial charge in [0.05, 0.1) is 17.2 Å². The highest BCUT2D eigenvalue weighted by Gasteiger charge is 2.28. The molecule has 2 rings (SSSR count). The summed E-state index contributed by atoms with van der Waals surface area (Å²) in [6.45, 7) is 8.30. The second kappa shape index (κ2) is 7.81. The van der Waals surface area contributed by atoms with Crippen molar-refractivity contribution < 1.29 is 8.42 Å². The molecular weight excluding hydrogens is 314 g/mol. The fraction of sp³-hybridized carbons (Fsp3) is 0.733. The summed E-state index contributed by atoms with van der Waals surface area (Å²) in [7, 11) is -2.88. The minimum absolute atomic E-state index is 0.0335. The van der Waals surface area contributed by atoms with Crippen molar-refractivity contribution in [1.82, 2.24) is 20.4 Å².